The maximum Gasteiger partial charge on any atom is 0.513 e. The molecule has 0 aliphatic carbocycles. The van der Waals surface area contributed by atoms with Gasteiger partial charge in [-0.2, -0.15) is 0 Å². The molecule has 2 heterocycles. The molecular weight excluding hydrogens is 346 g/mol. The zero-order chi connectivity index (χ0) is 19.1. The topological polar surface area (TPSA) is 72.0 Å². The summed E-state index contributed by atoms with van der Waals surface area (Å²) < 4.78 is 9.28. The summed E-state index contributed by atoms with van der Waals surface area (Å²) in [5, 5.41) is 0. The van der Waals surface area contributed by atoms with Crippen LogP contribution in [-0.2, 0) is 11.2 Å². The van der Waals surface area contributed by atoms with E-state index >= 15 is 0 Å². The fourth-order valence-corrected chi connectivity index (χ4v) is 2.97. The van der Waals surface area contributed by atoms with Crippen LogP contribution in [0, 0.1) is 0 Å². The van der Waals surface area contributed by atoms with Crippen LogP contribution >= 0.6 is 0 Å². The van der Waals surface area contributed by atoms with Gasteiger partial charge in [-0.1, -0.05) is 30.3 Å². The molecule has 1 saturated heterocycles. The van der Waals surface area contributed by atoms with E-state index in [1.807, 2.05) is 11.0 Å². The average molecular weight is 369 g/mol. The second-order valence-corrected chi connectivity index (χ2v) is 6.30. The molecule has 0 bridgehead atoms. The Balaban J connectivity index is 1.47. The summed E-state index contributed by atoms with van der Waals surface area (Å²) in [6.07, 6.45) is 1.54. The molecule has 1 aliphatic heterocycles. The number of pyridine rings is 1. The van der Waals surface area contributed by atoms with Crippen LogP contribution in [0.3, 0.4) is 0 Å². The van der Waals surface area contributed by atoms with Crippen LogP contribution < -0.4 is 4.74 Å². The van der Waals surface area contributed by atoms with Gasteiger partial charge in [-0.15, -0.1) is 0 Å². The molecule has 0 unspecified atom stereocenters. The molecule has 142 valence electrons. The van der Waals surface area contributed by atoms with Crippen molar-refractivity contribution in [1.82, 2.24) is 14.8 Å². The number of rotatable bonds is 5. The van der Waals surface area contributed by atoms with Gasteiger partial charge in [-0.05, 0) is 24.1 Å². The molecule has 27 heavy (non-hydrogen) atoms. The minimum atomic E-state index is -0.817. The predicted molar refractivity (Wildman–Crippen MR) is 99.8 cm³/mol. The first kappa shape index (κ1) is 18.8. The third kappa shape index (κ3) is 5.27. The first-order valence-corrected chi connectivity index (χ1v) is 8.93. The zero-order valence-electron chi connectivity index (χ0n) is 15.3. The number of aromatic nitrogens is 1. The number of carbonyl (C=O) groups excluding carboxylic acids is 2. The van der Waals surface area contributed by atoms with Crippen molar-refractivity contribution in [2.45, 2.75) is 6.42 Å². The molecule has 0 radical (unpaired) electrons. The predicted octanol–water partition coefficient (Wildman–Crippen LogP) is 2.23. The molecule has 0 atom stereocenters. The molecule has 0 spiro atoms. The second-order valence-electron chi connectivity index (χ2n) is 6.30. The summed E-state index contributed by atoms with van der Waals surface area (Å²) in [4.78, 5) is 31.9. The number of piperazine rings is 1. The van der Waals surface area contributed by atoms with Gasteiger partial charge in [0, 0.05) is 32.7 Å². The molecule has 0 N–H and O–H groups in total. The van der Waals surface area contributed by atoms with Crippen molar-refractivity contribution >= 4 is 12.1 Å². The average Bonchev–Trinajstić information content (AvgIpc) is 2.73. The maximum absolute atomic E-state index is 12.6. The van der Waals surface area contributed by atoms with Gasteiger partial charge >= 0.3 is 6.16 Å². The highest BCUT2D eigenvalue weighted by Crippen LogP contribution is 2.13. The second kappa shape index (κ2) is 9.14. The van der Waals surface area contributed by atoms with E-state index in [-0.39, 0.29) is 11.7 Å². The van der Waals surface area contributed by atoms with Crippen LogP contribution in [-0.4, -0.2) is 66.7 Å². The minimum Gasteiger partial charge on any atom is -0.437 e. The molecule has 1 aliphatic rings. The number of amides is 1. The smallest absolute Gasteiger partial charge is 0.437 e. The summed E-state index contributed by atoms with van der Waals surface area (Å²) in [6, 6.07) is 13.5. The van der Waals surface area contributed by atoms with Crippen molar-refractivity contribution in [3.63, 3.8) is 0 Å². The van der Waals surface area contributed by atoms with Crippen molar-refractivity contribution in [3.8, 4) is 5.75 Å². The van der Waals surface area contributed by atoms with Crippen LogP contribution in [0.25, 0.3) is 0 Å². The molecule has 3 rings (SSSR count). The quantitative estimate of drug-likeness (QED) is 0.753. The Labute approximate surface area is 158 Å². The summed E-state index contributed by atoms with van der Waals surface area (Å²) in [5.74, 6) is 0.131. The number of nitrogens with zero attached hydrogens (tertiary/aromatic N) is 3. The van der Waals surface area contributed by atoms with Gasteiger partial charge in [0.1, 0.15) is 5.69 Å². The largest absolute Gasteiger partial charge is 0.513 e. The Morgan fingerprint density at radius 1 is 1.04 bits per heavy atom. The Morgan fingerprint density at radius 2 is 1.78 bits per heavy atom. The third-order valence-electron chi connectivity index (χ3n) is 4.54. The van der Waals surface area contributed by atoms with E-state index in [0.29, 0.717) is 18.8 Å². The number of methoxy groups -OCH3 is 1. The fraction of sp³-hybridized carbons (Fsp3) is 0.350. The van der Waals surface area contributed by atoms with Crippen molar-refractivity contribution in [2.24, 2.45) is 0 Å². The highest BCUT2D eigenvalue weighted by atomic mass is 16.7. The number of ether oxygens (including phenoxy) is 2. The number of benzene rings is 1. The first-order chi connectivity index (χ1) is 13.2. The minimum absolute atomic E-state index is 0.109. The van der Waals surface area contributed by atoms with E-state index in [0.717, 1.165) is 26.1 Å². The molecule has 1 amide bonds. The highest BCUT2D eigenvalue weighted by molar-refractivity contribution is 5.92. The van der Waals surface area contributed by atoms with E-state index in [9.17, 15) is 9.59 Å². The summed E-state index contributed by atoms with van der Waals surface area (Å²) in [5.41, 5.74) is 1.67. The molecule has 7 nitrogen and oxygen atoms in total. The summed E-state index contributed by atoms with van der Waals surface area (Å²) in [7, 11) is 1.23. The molecule has 1 aromatic carbocycles. The number of hydrogen-bond donors (Lipinski definition) is 0. The van der Waals surface area contributed by atoms with Crippen LogP contribution in [0.1, 0.15) is 16.1 Å². The summed E-state index contributed by atoms with van der Waals surface area (Å²) >= 11 is 0. The van der Waals surface area contributed by atoms with Gasteiger partial charge in [-0.3, -0.25) is 9.69 Å². The monoisotopic (exact) mass is 369 g/mol. The van der Waals surface area contributed by atoms with Gasteiger partial charge in [0.2, 0.25) is 0 Å². The third-order valence-corrected chi connectivity index (χ3v) is 4.54. The standard InChI is InChI=1S/C20H23N3O4/c1-26-20(25)27-17-7-8-18(21-15-17)19(24)23-13-11-22(12-14-23)10-9-16-5-3-2-4-6-16/h2-8,15H,9-14H2,1H3. The summed E-state index contributed by atoms with van der Waals surface area (Å²) in [6.45, 7) is 4.04. The van der Waals surface area contributed by atoms with E-state index < -0.39 is 6.16 Å². The number of carbonyl (C=O) groups is 2. The lowest BCUT2D eigenvalue weighted by Gasteiger charge is -2.34. The van der Waals surface area contributed by atoms with E-state index in [4.69, 9.17) is 4.74 Å². The molecule has 7 heteroatoms. The Morgan fingerprint density at radius 3 is 2.41 bits per heavy atom. The van der Waals surface area contributed by atoms with Gasteiger partial charge in [-0.25, -0.2) is 9.78 Å². The van der Waals surface area contributed by atoms with Crippen molar-refractivity contribution < 1.29 is 19.1 Å². The lowest BCUT2D eigenvalue weighted by molar-refractivity contribution is 0.0632. The number of hydrogen-bond acceptors (Lipinski definition) is 6. The van der Waals surface area contributed by atoms with Crippen molar-refractivity contribution in [3.05, 3.63) is 59.9 Å². The Hall–Kier alpha value is -2.93. The van der Waals surface area contributed by atoms with Gasteiger partial charge in [0.15, 0.2) is 5.75 Å². The van der Waals surface area contributed by atoms with E-state index in [1.165, 1.54) is 24.9 Å². The van der Waals surface area contributed by atoms with Gasteiger partial charge in [0.05, 0.1) is 13.3 Å². The molecule has 1 aromatic heterocycles. The normalized spacial score (nSPS) is 14.6. The fourth-order valence-electron chi connectivity index (χ4n) is 2.97. The van der Waals surface area contributed by atoms with Gasteiger partial charge in [0.25, 0.3) is 5.91 Å². The molecule has 0 saturated carbocycles. The zero-order valence-corrected chi connectivity index (χ0v) is 15.3. The van der Waals surface area contributed by atoms with Gasteiger partial charge < -0.3 is 14.4 Å². The first-order valence-electron chi connectivity index (χ1n) is 8.93. The lowest BCUT2D eigenvalue weighted by atomic mass is 10.1. The SMILES string of the molecule is COC(=O)Oc1ccc(C(=O)N2CCN(CCc3ccccc3)CC2)nc1. The Kier molecular flexibility index (Phi) is 6.38. The highest BCUT2D eigenvalue weighted by Gasteiger charge is 2.22. The lowest BCUT2D eigenvalue weighted by Crippen LogP contribution is -2.49. The molecule has 2 aromatic rings. The van der Waals surface area contributed by atoms with Crippen molar-refractivity contribution in [1.29, 1.82) is 0 Å². The van der Waals surface area contributed by atoms with E-state index in [2.05, 4.69) is 38.9 Å². The maximum atomic E-state index is 12.6. The van der Waals surface area contributed by atoms with Crippen LogP contribution in [0.2, 0.25) is 0 Å². The van der Waals surface area contributed by atoms with Crippen LogP contribution in [0.5, 0.6) is 5.75 Å². The van der Waals surface area contributed by atoms with Crippen molar-refractivity contribution in [2.75, 3.05) is 39.8 Å². The Bertz CT molecular complexity index is 757. The van der Waals surface area contributed by atoms with E-state index in [1.54, 1.807) is 6.07 Å². The molecular formula is C20H23N3O4. The van der Waals surface area contributed by atoms with Crippen LogP contribution in [0.4, 0.5) is 4.79 Å². The molecule has 1 fully saturated rings. The van der Waals surface area contributed by atoms with Crippen LogP contribution in [0.15, 0.2) is 48.7 Å².